The molecule has 0 atom stereocenters. The zero-order valence-corrected chi connectivity index (χ0v) is 20.9. The Hall–Kier alpha value is -3.87. The number of allylic oxidation sites excluding steroid dienone is 1. The smallest absolute Gasteiger partial charge is 0.320 e. The van der Waals surface area contributed by atoms with Crippen LogP contribution in [0.4, 0.5) is 5.13 Å². The van der Waals surface area contributed by atoms with Crippen LogP contribution in [0.15, 0.2) is 101 Å². The van der Waals surface area contributed by atoms with Crippen LogP contribution in [0.3, 0.4) is 0 Å². The first-order chi connectivity index (χ1) is 17.2. The minimum atomic E-state index is 0.943. The molecule has 0 amide bonds. The molecule has 1 aliphatic rings. The average molecular weight is 490 g/mol. The number of aromatic nitrogens is 2. The summed E-state index contributed by atoms with van der Waals surface area (Å²) in [6, 6.07) is 29.8. The molecule has 35 heavy (non-hydrogen) atoms. The molecule has 168 valence electrons. The van der Waals surface area contributed by atoms with Gasteiger partial charge in [0.2, 0.25) is 0 Å². The molecule has 0 unspecified atom stereocenters. The van der Waals surface area contributed by atoms with Crippen LogP contribution < -0.4 is 9.37 Å². The fraction of sp³-hybridized carbons (Fsp3) is 0.0690. The lowest BCUT2D eigenvalue weighted by Crippen LogP contribution is -2.26. The number of thiazole rings is 2. The third-order valence-electron chi connectivity index (χ3n) is 6.59. The highest BCUT2D eigenvalue weighted by molar-refractivity contribution is 7.21. The minimum absolute atomic E-state index is 0.943. The highest BCUT2D eigenvalue weighted by atomic mass is 32.1. The lowest BCUT2D eigenvalue weighted by molar-refractivity contribution is -0.627. The topological polar surface area (TPSA) is 33.5 Å². The van der Waals surface area contributed by atoms with Gasteiger partial charge in [-0.3, -0.25) is 0 Å². The summed E-state index contributed by atoms with van der Waals surface area (Å²) in [6.07, 6.45) is 2.14. The van der Waals surface area contributed by atoms with E-state index in [0.717, 1.165) is 32.5 Å². The quantitative estimate of drug-likeness (QED) is 0.249. The molecule has 0 radical (unpaired) electrons. The standard InChI is InChI=1S/C29H21N4S2/c1-32-23-13-3-5-15-25(23)34-28(32)30-21-17-22(20-12-8-10-18-9-7-11-19(21)27(18)20)31-29-33(2)24-14-4-6-16-26(24)35-29/h3-17H,1-2H3/q+1. The van der Waals surface area contributed by atoms with E-state index in [9.17, 15) is 0 Å². The maximum absolute atomic E-state index is 5.19. The van der Waals surface area contributed by atoms with Crippen molar-refractivity contribution in [1.29, 1.82) is 0 Å². The van der Waals surface area contributed by atoms with Gasteiger partial charge in [0, 0.05) is 29.6 Å². The van der Waals surface area contributed by atoms with Crippen LogP contribution in [0, 0.1) is 0 Å². The minimum Gasteiger partial charge on any atom is -0.320 e. The summed E-state index contributed by atoms with van der Waals surface area (Å²) < 4.78 is 6.80. The van der Waals surface area contributed by atoms with E-state index < -0.39 is 0 Å². The summed E-state index contributed by atoms with van der Waals surface area (Å²) in [7, 11) is 4.17. The van der Waals surface area contributed by atoms with Gasteiger partial charge >= 0.3 is 5.13 Å². The van der Waals surface area contributed by atoms with Crippen molar-refractivity contribution in [2.75, 3.05) is 0 Å². The first-order valence-corrected chi connectivity index (χ1v) is 13.1. The third-order valence-corrected chi connectivity index (χ3v) is 8.82. The summed E-state index contributed by atoms with van der Waals surface area (Å²) in [4.78, 5) is 11.4. The Morgan fingerprint density at radius 1 is 0.743 bits per heavy atom. The van der Waals surface area contributed by atoms with Crippen LogP contribution >= 0.6 is 22.7 Å². The molecule has 0 saturated heterocycles. The molecular formula is C29H21N4S2+. The van der Waals surface area contributed by atoms with Crippen LogP contribution in [0.25, 0.3) is 36.9 Å². The van der Waals surface area contributed by atoms with E-state index >= 15 is 0 Å². The van der Waals surface area contributed by atoms with Crippen LogP contribution in [0.5, 0.6) is 0 Å². The van der Waals surface area contributed by atoms with Crippen LogP contribution in [-0.2, 0) is 14.1 Å². The monoisotopic (exact) mass is 489 g/mol. The number of para-hydroxylation sites is 2. The van der Waals surface area contributed by atoms with Crippen molar-refractivity contribution in [1.82, 2.24) is 4.57 Å². The number of hydrogen-bond acceptors (Lipinski definition) is 4. The molecule has 0 spiro atoms. The molecule has 0 fully saturated rings. The zero-order chi connectivity index (χ0) is 23.5. The van der Waals surface area contributed by atoms with Gasteiger partial charge in [-0.1, -0.05) is 65.9 Å². The molecule has 2 heterocycles. The van der Waals surface area contributed by atoms with Gasteiger partial charge in [-0.25, -0.2) is 9.56 Å². The molecule has 0 saturated carbocycles. The molecule has 6 heteroatoms. The predicted molar refractivity (Wildman–Crippen MR) is 147 cm³/mol. The van der Waals surface area contributed by atoms with E-state index in [0.29, 0.717) is 0 Å². The summed E-state index contributed by atoms with van der Waals surface area (Å²) in [5, 5.41) is 3.39. The predicted octanol–water partition coefficient (Wildman–Crippen LogP) is 6.51. The second-order valence-electron chi connectivity index (χ2n) is 8.67. The van der Waals surface area contributed by atoms with Gasteiger partial charge in [0.25, 0.3) is 0 Å². The van der Waals surface area contributed by atoms with Gasteiger partial charge in [0.15, 0.2) is 10.5 Å². The Balaban J connectivity index is 1.51. The number of nitrogens with zero attached hydrogens (tertiary/aromatic N) is 4. The molecule has 2 aromatic heterocycles. The van der Waals surface area contributed by atoms with Crippen molar-refractivity contribution in [2.24, 2.45) is 24.1 Å². The van der Waals surface area contributed by atoms with Crippen LogP contribution in [0.2, 0.25) is 0 Å². The lowest BCUT2D eigenvalue weighted by Gasteiger charge is -2.15. The van der Waals surface area contributed by atoms with Crippen molar-refractivity contribution >= 4 is 70.4 Å². The molecular weight excluding hydrogens is 468 g/mol. The molecule has 0 N–H and O–H groups in total. The van der Waals surface area contributed by atoms with Crippen molar-refractivity contribution < 1.29 is 4.57 Å². The van der Waals surface area contributed by atoms with Gasteiger partial charge in [0.1, 0.15) is 5.52 Å². The van der Waals surface area contributed by atoms with E-state index in [1.54, 1.807) is 22.7 Å². The van der Waals surface area contributed by atoms with Gasteiger partial charge in [-0.15, -0.1) is 0 Å². The van der Waals surface area contributed by atoms with Gasteiger partial charge in [-0.2, -0.15) is 0 Å². The normalized spacial score (nSPS) is 15.0. The first kappa shape index (κ1) is 20.5. The van der Waals surface area contributed by atoms with Crippen molar-refractivity contribution in [3.63, 3.8) is 0 Å². The maximum atomic E-state index is 5.19. The summed E-state index contributed by atoms with van der Waals surface area (Å²) in [6.45, 7) is 0. The number of fused-ring (bicyclic) bond motifs is 2. The fourth-order valence-electron chi connectivity index (χ4n) is 4.82. The maximum Gasteiger partial charge on any atom is 0.383 e. The van der Waals surface area contributed by atoms with E-state index in [2.05, 4.69) is 114 Å². The Bertz CT molecular complexity index is 1930. The molecule has 1 aliphatic carbocycles. The Morgan fingerprint density at radius 3 is 2.29 bits per heavy atom. The largest absolute Gasteiger partial charge is 0.383 e. The fourth-order valence-corrected chi connectivity index (χ4v) is 6.88. The van der Waals surface area contributed by atoms with Gasteiger partial charge < -0.3 is 4.57 Å². The number of rotatable bonds is 2. The number of aryl methyl sites for hydroxylation is 2. The first-order valence-electron chi connectivity index (χ1n) is 11.5. The Labute approximate surface area is 210 Å². The molecule has 7 rings (SSSR count). The van der Waals surface area contributed by atoms with Crippen LogP contribution in [-0.4, -0.2) is 10.3 Å². The highest BCUT2D eigenvalue weighted by Crippen LogP contribution is 2.35. The highest BCUT2D eigenvalue weighted by Gasteiger charge is 2.24. The second kappa shape index (κ2) is 7.83. The number of benzene rings is 4. The molecule has 0 bridgehead atoms. The van der Waals surface area contributed by atoms with Crippen molar-refractivity contribution in [2.45, 2.75) is 0 Å². The number of aliphatic imine (C=N–C) groups is 1. The Morgan fingerprint density at radius 2 is 1.49 bits per heavy atom. The SMILES string of the molecule is Cn1c(=NC2=CC(=Nc3sc4ccccc4[n+]3C)c3cccc4cccc2c34)sc2ccccc21. The Kier molecular flexibility index (Phi) is 4.59. The van der Waals surface area contributed by atoms with Gasteiger partial charge in [0.05, 0.1) is 27.7 Å². The van der Waals surface area contributed by atoms with Crippen molar-refractivity contribution in [3.8, 4) is 0 Å². The summed E-state index contributed by atoms with van der Waals surface area (Å²) in [5.41, 5.74) is 6.57. The second-order valence-corrected chi connectivity index (χ2v) is 10.7. The van der Waals surface area contributed by atoms with Crippen LogP contribution in [0.1, 0.15) is 11.1 Å². The molecule has 0 aliphatic heterocycles. The number of hydrogen-bond donors (Lipinski definition) is 0. The zero-order valence-electron chi connectivity index (χ0n) is 19.3. The van der Waals surface area contributed by atoms with E-state index in [-0.39, 0.29) is 0 Å². The third kappa shape index (κ3) is 3.21. The summed E-state index contributed by atoms with van der Waals surface area (Å²) >= 11 is 3.43. The molecule has 4 nitrogen and oxygen atoms in total. The van der Waals surface area contributed by atoms with E-state index in [4.69, 9.17) is 9.98 Å². The summed E-state index contributed by atoms with van der Waals surface area (Å²) in [5.74, 6) is 0. The molecule has 4 aromatic carbocycles. The lowest BCUT2D eigenvalue weighted by atomic mass is 9.90. The average Bonchev–Trinajstić information content (AvgIpc) is 3.38. The van der Waals surface area contributed by atoms with Crippen molar-refractivity contribution in [3.05, 3.63) is 107 Å². The van der Waals surface area contributed by atoms with E-state index in [1.165, 1.54) is 31.2 Å². The molecule has 6 aromatic rings. The van der Waals surface area contributed by atoms with Gasteiger partial charge in [-0.05, 0) is 52.0 Å². The van der Waals surface area contributed by atoms with E-state index in [1.807, 2.05) is 0 Å².